The average molecular weight is 254 g/mol. The van der Waals surface area contributed by atoms with Gasteiger partial charge < -0.3 is 10.2 Å². The summed E-state index contributed by atoms with van der Waals surface area (Å²) < 4.78 is 0. The molecule has 2 saturated heterocycles. The van der Waals surface area contributed by atoms with Crippen LogP contribution in [0.5, 0.6) is 0 Å². The molecule has 3 amide bonds. The van der Waals surface area contributed by atoms with E-state index in [2.05, 4.69) is 10.3 Å². The van der Waals surface area contributed by atoms with Crippen molar-refractivity contribution in [1.82, 2.24) is 20.2 Å². The van der Waals surface area contributed by atoms with Gasteiger partial charge in [0.2, 0.25) is 5.91 Å². The van der Waals surface area contributed by atoms with Crippen molar-refractivity contribution >= 4 is 11.9 Å². The molecule has 2 rings (SSSR count). The standard InChI is InChI=1S/C12H22N4O2/c1-13-11(17)10-14-6-5-9-16(12(14)18)15-7-3-2-4-8-15/h2-10H2,1H3,(H,13,17). The van der Waals surface area contributed by atoms with Crippen LogP contribution in [0.1, 0.15) is 25.7 Å². The maximum absolute atomic E-state index is 12.3. The monoisotopic (exact) mass is 254 g/mol. The highest BCUT2D eigenvalue weighted by molar-refractivity contribution is 5.84. The molecule has 0 radical (unpaired) electrons. The van der Waals surface area contributed by atoms with E-state index in [1.807, 2.05) is 5.01 Å². The lowest BCUT2D eigenvalue weighted by atomic mass is 10.1. The topological polar surface area (TPSA) is 55.9 Å². The van der Waals surface area contributed by atoms with Crippen molar-refractivity contribution in [3.05, 3.63) is 0 Å². The number of nitrogens with zero attached hydrogens (tertiary/aromatic N) is 3. The molecule has 2 aliphatic rings. The van der Waals surface area contributed by atoms with Crippen LogP contribution in [0.2, 0.25) is 0 Å². The molecule has 2 fully saturated rings. The van der Waals surface area contributed by atoms with E-state index < -0.39 is 0 Å². The Morgan fingerprint density at radius 3 is 2.50 bits per heavy atom. The van der Waals surface area contributed by atoms with Crippen LogP contribution < -0.4 is 5.32 Å². The lowest BCUT2D eigenvalue weighted by Crippen LogP contribution is -2.58. The molecule has 6 heteroatoms. The van der Waals surface area contributed by atoms with E-state index in [1.165, 1.54) is 6.42 Å². The van der Waals surface area contributed by atoms with E-state index in [1.54, 1.807) is 11.9 Å². The fourth-order valence-corrected chi connectivity index (χ4v) is 2.55. The Bertz CT molecular complexity index is 315. The lowest BCUT2D eigenvalue weighted by Gasteiger charge is -2.43. The van der Waals surface area contributed by atoms with Gasteiger partial charge in [0.05, 0.1) is 0 Å². The van der Waals surface area contributed by atoms with Crippen LogP contribution in [-0.4, -0.2) is 66.6 Å². The predicted molar refractivity (Wildman–Crippen MR) is 67.8 cm³/mol. The van der Waals surface area contributed by atoms with Crippen LogP contribution in [0.3, 0.4) is 0 Å². The second-order valence-corrected chi connectivity index (χ2v) is 4.87. The van der Waals surface area contributed by atoms with Crippen LogP contribution in [0.25, 0.3) is 0 Å². The van der Waals surface area contributed by atoms with Gasteiger partial charge in [-0.1, -0.05) is 6.42 Å². The molecule has 2 aliphatic heterocycles. The van der Waals surface area contributed by atoms with Crippen molar-refractivity contribution in [2.24, 2.45) is 0 Å². The Labute approximate surface area is 108 Å². The SMILES string of the molecule is CNC(=O)CN1CCCN(N2CCCCC2)C1=O. The highest BCUT2D eigenvalue weighted by atomic mass is 16.2. The molecule has 0 spiro atoms. The molecule has 0 aromatic heterocycles. The zero-order valence-electron chi connectivity index (χ0n) is 11.0. The molecule has 1 N–H and O–H groups in total. The molecule has 2 heterocycles. The van der Waals surface area contributed by atoms with Gasteiger partial charge in [0.15, 0.2) is 0 Å². The van der Waals surface area contributed by atoms with Gasteiger partial charge in [0, 0.05) is 33.2 Å². The molecule has 0 aromatic carbocycles. The number of carbonyl (C=O) groups is 2. The number of rotatable bonds is 3. The molecule has 0 aromatic rings. The third-order valence-electron chi connectivity index (χ3n) is 3.58. The van der Waals surface area contributed by atoms with E-state index in [0.717, 1.165) is 38.9 Å². The summed E-state index contributed by atoms with van der Waals surface area (Å²) in [6, 6.07) is -0.0215. The number of amides is 3. The van der Waals surface area contributed by atoms with Gasteiger partial charge in [-0.2, -0.15) is 0 Å². The number of piperidine rings is 1. The van der Waals surface area contributed by atoms with Crippen LogP contribution in [0.4, 0.5) is 4.79 Å². The molecule has 0 saturated carbocycles. The third kappa shape index (κ3) is 2.93. The zero-order valence-corrected chi connectivity index (χ0v) is 11.0. The maximum Gasteiger partial charge on any atom is 0.335 e. The van der Waals surface area contributed by atoms with E-state index >= 15 is 0 Å². The maximum atomic E-state index is 12.3. The summed E-state index contributed by atoms with van der Waals surface area (Å²) in [6.45, 7) is 3.54. The van der Waals surface area contributed by atoms with Crippen molar-refractivity contribution in [3.8, 4) is 0 Å². The largest absolute Gasteiger partial charge is 0.358 e. The number of hydrogen-bond acceptors (Lipinski definition) is 3. The lowest BCUT2D eigenvalue weighted by molar-refractivity contribution is -0.122. The van der Waals surface area contributed by atoms with E-state index in [0.29, 0.717) is 6.54 Å². The molecular formula is C12H22N4O2. The smallest absolute Gasteiger partial charge is 0.335 e. The first kappa shape index (κ1) is 13.1. The summed E-state index contributed by atoms with van der Waals surface area (Å²) in [4.78, 5) is 25.3. The van der Waals surface area contributed by atoms with Crippen molar-refractivity contribution in [3.63, 3.8) is 0 Å². The van der Waals surface area contributed by atoms with Crippen molar-refractivity contribution < 1.29 is 9.59 Å². The van der Waals surface area contributed by atoms with Crippen molar-refractivity contribution in [1.29, 1.82) is 0 Å². The van der Waals surface area contributed by atoms with Crippen LogP contribution in [0.15, 0.2) is 0 Å². The Morgan fingerprint density at radius 1 is 1.11 bits per heavy atom. The van der Waals surface area contributed by atoms with Gasteiger partial charge in [0.25, 0.3) is 0 Å². The minimum atomic E-state index is -0.108. The molecular weight excluding hydrogens is 232 g/mol. The Kier molecular flexibility index (Phi) is 4.41. The Hall–Kier alpha value is -1.30. The van der Waals surface area contributed by atoms with Crippen LogP contribution >= 0.6 is 0 Å². The summed E-state index contributed by atoms with van der Waals surface area (Å²) in [5.41, 5.74) is 0. The summed E-state index contributed by atoms with van der Waals surface area (Å²) in [5, 5.41) is 6.53. The predicted octanol–water partition coefficient (Wildman–Crippen LogP) is 0.261. The molecule has 0 bridgehead atoms. The third-order valence-corrected chi connectivity index (χ3v) is 3.58. The number of hydrazine groups is 1. The molecule has 102 valence electrons. The minimum Gasteiger partial charge on any atom is -0.358 e. The van der Waals surface area contributed by atoms with Gasteiger partial charge in [-0.15, -0.1) is 0 Å². The van der Waals surface area contributed by atoms with Crippen molar-refractivity contribution in [2.75, 3.05) is 39.8 Å². The molecule has 0 atom stereocenters. The molecule has 0 aliphatic carbocycles. The first-order valence-electron chi connectivity index (χ1n) is 6.74. The number of likely N-dealkylation sites (N-methyl/N-ethyl adjacent to an activating group) is 1. The van der Waals surface area contributed by atoms with Gasteiger partial charge in [-0.05, 0) is 19.3 Å². The van der Waals surface area contributed by atoms with E-state index in [4.69, 9.17) is 0 Å². The minimum absolute atomic E-state index is 0.0215. The number of carbonyl (C=O) groups excluding carboxylic acids is 2. The van der Waals surface area contributed by atoms with Crippen LogP contribution in [-0.2, 0) is 4.79 Å². The number of nitrogens with one attached hydrogen (secondary N) is 1. The average Bonchev–Trinajstić information content (AvgIpc) is 2.42. The van der Waals surface area contributed by atoms with Gasteiger partial charge in [0.1, 0.15) is 6.54 Å². The molecule has 0 unspecified atom stereocenters. The highest BCUT2D eigenvalue weighted by Crippen LogP contribution is 2.17. The highest BCUT2D eigenvalue weighted by Gasteiger charge is 2.31. The first-order valence-corrected chi connectivity index (χ1v) is 6.74. The zero-order chi connectivity index (χ0) is 13.0. The molecule has 18 heavy (non-hydrogen) atoms. The summed E-state index contributed by atoms with van der Waals surface area (Å²) in [6.07, 6.45) is 4.48. The van der Waals surface area contributed by atoms with Crippen LogP contribution in [0, 0.1) is 0 Å². The fraction of sp³-hybridized carbons (Fsp3) is 0.833. The summed E-state index contributed by atoms with van der Waals surface area (Å²) in [5.74, 6) is -0.108. The number of urea groups is 1. The van der Waals surface area contributed by atoms with Gasteiger partial charge >= 0.3 is 6.03 Å². The quantitative estimate of drug-likeness (QED) is 0.786. The Morgan fingerprint density at radius 2 is 1.83 bits per heavy atom. The Balaban J connectivity index is 1.95. The van der Waals surface area contributed by atoms with Gasteiger partial charge in [-0.25, -0.2) is 9.80 Å². The van der Waals surface area contributed by atoms with E-state index in [-0.39, 0.29) is 18.5 Å². The second kappa shape index (κ2) is 6.04. The molecule has 6 nitrogen and oxygen atoms in total. The normalized spacial score (nSPS) is 22.2. The fourth-order valence-electron chi connectivity index (χ4n) is 2.55. The summed E-state index contributed by atoms with van der Waals surface area (Å²) >= 11 is 0. The summed E-state index contributed by atoms with van der Waals surface area (Å²) in [7, 11) is 1.60. The number of hydrogen-bond donors (Lipinski definition) is 1. The second-order valence-electron chi connectivity index (χ2n) is 4.87. The van der Waals surface area contributed by atoms with E-state index in [9.17, 15) is 9.59 Å². The van der Waals surface area contributed by atoms with Gasteiger partial charge in [-0.3, -0.25) is 9.80 Å². The van der Waals surface area contributed by atoms with Crippen molar-refractivity contribution in [2.45, 2.75) is 25.7 Å². The first-order chi connectivity index (χ1) is 8.72.